The van der Waals surface area contributed by atoms with Gasteiger partial charge in [0.05, 0.1) is 0 Å². The minimum absolute atomic E-state index is 0.152. The molecular weight excluding hydrogens is 251 g/mol. The molecule has 2 atom stereocenters. The molecule has 0 aliphatic heterocycles. The van der Waals surface area contributed by atoms with Gasteiger partial charge in [-0.2, -0.15) is 0 Å². The largest absolute Gasteiger partial charge is 0.372 e. The van der Waals surface area contributed by atoms with Crippen molar-refractivity contribution in [3.8, 4) is 0 Å². The molecule has 0 aliphatic carbocycles. The molecule has 0 aliphatic rings. The van der Waals surface area contributed by atoms with Crippen molar-refractivity contribution in [2.75, 3.05) is 18.5 Å². The summed E-state index contributed by atoms with van der Waals surface area (Å²) in [5, 5.41) is 3.37. The lowest BCUT2D eigenvalue weighted by atomic mass is 10.0. The lowest BCUT2D eigenvalue weighted by molar-refractivity contribution is 0.500. The first-order valence-corrected chi connectivity index (χ1v) is 7.62. The maximum Gasteiger partial charge on any atom is 0.123 e. The van der Waals surface area contributed by atoms with E-state index in [1.54, 1.807) is 12.1 Å². The van der Waals surface area contributed by atoms with Crippen LogP contribution in [0.3, 0.4) is 0 Å². The molecule has 2 nitrogen and oxygen atoms in total. The molecule has 1 rings (SSSR count). The Hall–Kier alpha value is -1.09. The van der Waals surface area contributed by atoms with Gasteiger partial charge in [-0.15, -0.1) is 0 Å². The molecular formula is C17H29FN2. The fourth-order valence-electron chi connectivity index (χ4n) is 2.69. The Morgan fingerprint density at radius 1 is 1.20 bits per heavy atom. The van der Waals surface area contributed by atoms with Gasteiger partial charge in [-0.05, 0) is 56.5 Å². The molecule has 1 aromatic rings. The molecule has 0 bridgehead atoms. The molecule has 1 N–H and O–H groups in total. The molecule has 0 saturated carbocycles. The van der Waals surface area contributed by atoms with E-state index < -0.39 is 0 Å². The van der Waals surface area contributed by atoms with Gasteiger partial charge in [0.15, 0.2) is 0 Å². The van der Waals surface area contributed by atoms with Crippen molar-refractivity contribution in [1.29, 1.82) is 0 Å². The van der Waals surface area contributed by atoms with Crippen LogP contribution in [0.4, 0.5) is 10.1 Å². The summed E-state index contributed by atoms with van der Waals surface area (Å²) in [6, 6.07) is 5.69. The Labute approximate surface area is 123 Å². The number of nitrogens with one attached hydrogen (secondary N) is 1. The lowest BCUT2D eigenvalue weighted by Crippen LogP contribution is -2.32. The van der Waals surface area contributed by atoms with E-state index >= 15 is 0 Å². The van der Waals surface area contributed by atoms with E-state index in [4.69, 9.17) is 0 Å². The summed E-state index contributed by atoms with van der Waals surface area (Å²) in [6.07, 6.45) is 1.13. The van der Waals surface area contributed by atoms with Gasteiger partial charge in [-0.1, -0.05) is 20.8 Å². The van der Waals surface area contributed by atoms with E-state index in [1.165, 1.54) is 0 Å². The standard InChI is InChI=1S/C17H29FN2/c1-7-19-14(5)16-11-15(18)8-9-17(16)20(6)13(4)10-12(2)3/h8-9,11-14,19H,7,10H2,1-6H3. The van der Waals surface area contributed by atoms with Crippen LogP contribution in [0.2, 0.25) is 0 Å². The van der Waals surface area contributed by atoms with Gasteiger partial charge in [0.25, 0.3) is 0 Å². The normalized spacial score (nSPS) is 14.4. The summed E-state index contributed by atoms with van der Waals surface area (Å²) in [6.45, 7) is 11.7. The van der Waals surface area contributed by atoms with Crippen molar-refractivity contribution in [2.45, 2.75) is 53.1 Å². The third-order valence-electron chi connectivity index (χ3n) is 3.82. The van der Waals surface area contributed by atoms with Crippen LogP contribution in [0.25, 0.3) is 0 Å². The van der Waals surface area contributed by atoms with Crippen LogP contribution < -0.4 is 10.2 Å². The molecule has 0 spiro atoms. The number of hydrogen-bond acceptors (Lipinski definition) is 2. The molecule has 0 saturated heterocycles. The average Bonchev–Trinajstić information content (AvgIpc) is 2.37. The maximum atomic E-state index is 13.6. The number of benzene rings is 1. The van der Waals surface area contributed by atoms with Crippen molar-refractivity contribution in [3.05, 3.63) is 29.6 Å². The van der Waals surface area contributed by atoms with Crippen LogP contribution in [0.5, 0.6) is 0 Å². The van der Waals surface area contributed by atoms with Crippen molar-refractivity contribution in [1.82, 2.24) is 5.32 Å². The Kier molecular flexibility index (Phi) is 6.47. The van der Waals surface area contributed by atoms with Crippen LogP contribution in [-0.4, -0.2) is 19.6 Å². The van der Waals surface area contributed by atoms with Crippen LogP contribution in [0.15, 0.2) is 18.2 Å². The third-order valence-corrected chi connectivity index (χ3v) is 3.82. The Bertz CT molecular complexity index is 417. The van der Waals surface area contributed by atoms with E-state index in [0.717, 1.165) is 24.2 Å². The van der Waals surface area contributed by atoms with Crippen molar-refractivity contribution in [3.63, 3.8) is 0 Å². The van der Waals surface area contributed by atoms with Gasteiger partial charge >= 0.3 is 0 Å². The van der Waals surface area contributed by atoms with Crippen molar-refractivity contribution < 1.29 is 4.39 Å². The highest BCUT2D eigenvalue weighted by Gasteiger charge is 2.18. The van der Waals surface area contributed by atoms with Gasteiger partial charge < -0.3 is 10.2 Å². The van der Waals surface area contributed by atoms with Crippen LogP contribution in [0.1, 0.15) is 52.6 Å². The van der Waals surface area contributed by atoms with Gasteiger partial charge in [-0.25, -0.2) is 4.39 Å². The molecule has 2 unspecified atom stereocenters. The molecule has 20 heavy (non-hydrogen) atoms. The summed E-state index contributed by atoms with van der Waals surface area (Å²) in [4.78, 5) is 2.27. The van der Waals surface area contributed by atoms with Gasteiger partial charge in [0.1, 0.15) is 5.82 Å². The minimum atomic E-state index is -0.168. The molecule has 0 fully saturated rings. The minimum Gasteiger partial charge on any atom is -0.372 e. The molecule has 0 radical (unpaired) electrons. The Balaban J connectivity index is 3.03. The van der Waals surface area contributed by atoms with Gasteiger partial charge in [-0.3, -0.25) is 0 Å². The highest BCUT2D eigenvalue weighted by Crippen LogP contribution is 2.29. The SMILES string of the molecule is CCNC(C)c1cc(F)ccc1N(C)C(C)CC(C)C. The van der Waals surface area contributed by atoms with E-state index in [9.17, 15) is 4.39 Å². The third kappa shape index (κ3) is 4.48. The molecule has 3 heteroatoms. The summed E-state index contributed by atoms with van der Waals surface area (Å²) in [5.41, 5.74) is 2.15. The Morgan fingerprint density at radius 2 is 1.85 bits per heavy atom. The highest BCUT2D eigenvalue weighted by molar-refractivity contribution is 5.55. The first-order chi connectivity index (χ1) is 9.36. The number of hydrogen-bond donors (Lipinski definition) is 1. The van der Waals surface area contributed by atoms with Crippen LogP contribution >= 0.6 is 0 Å². The first kappa shape index (κ1) is 17.0. The Morgan fingerprint density at radius 3 is 2.40 bits per heavy atom. The predicted octanol–water partition coefficient (Wildman–Crippen LogP) is 4.37. The summed E-state index contributed by atoms with van der Waals surface area (Å²) < 4.78 is 13.6. The topological polar surface area (TPSA) is 15.3 Å². The van der Waals surface area contributed by atoms with Crippen LogP contribution in [0, 0.1) is 11.7 Å². The summed E-state index contributed by atoms with van der Waals surface area (Å²) >= 11 is 0. The predicted molar refractivity (Wildman–Crippen MR) is 85.8 cm³/mol. The highest BCUT2D eigenvalue weighted by atomic mass is 19.1. The van der Waals surface area contributed by atoms with E-state index in [1.807, 2.05) is 6.07 Å². The quantitative estimate of drug-likeness (QED) is 0.798. The maximum absolute atomic E-state index is 13.6. The molecule has 0 heterocycles. The van der Waals surface area contributed by atoms with Crippen LogP contribution in [-0.2, 0) is 0 Å². The second-order valence-electron chi connectivity index (χ2n) is 6.07. The van der Waals surface area contributed by atoms with Gasteiger partial charge in [0, 0.05) is 24.8 Å². The fourth-order valence-corrected chi connectivity index (χ4v) is 2.69. The van der Waals surface area contributed by atoms with E-state index in [-0.39, 0.29) is 11.9 Å². The number of halogens is 1. The zero-order valence-electron chi connectivity index (χ0n) is 13.7. The molecule has 0 amide bonds. The zero-order valence-corrected chi connectivity index (χ0v) is 13.7. The van der Waals surface area contributed by atoms with Gasteiger partial charge in [0.2, 0.25) is 0 Å². The molecule has 114 valence electrons. The fraction of sp³-hybridized carbons (Fsp3) is 0.647. The van der Waals surface area contributed by atoms with Crippen molar-refractivity contribution >= 4 is 5.69 Å². The zero-order chi connectivity index (χ0) is 15.3. The van der Waals surface area contributed by atoms with Crippen molar-refractivity contribution in [2.24, 2.45) is 5.92 Å². The smallest absolute Gasteiger partial charge is 0.123 e. The molecule has 0 aromatic heterocycles. The van der Waals surface area contributed by atoms with E-state index in [0.29, 0.717) is 12.0 Å². The average molecular weight is 280 g/mol. The monoisotopic (exact) mass is 280 g/mol. The molecule has 1 aromatic carbocycles. The second kappa shape index (κ2) is 7.63. The second-order valence-corrected chi connectivity index (χ2v) is 6.07. The van der Waals surface area contributed by atoms with E-state index in [2.05, 4.69) is 51.9 Å². The summed E-state index contributed by atoms with van der Waals surface area (Å²) in [5.74, 6) is 0.487. The number of rotatable bonds is 7. The lowest BCUT2D eigenvalue weighted by Gasteiger charge is -2.31. The number of anilines is 1. The number of nitrogens with zero attached hydrogens (tertiary/aromatic N) is 1. The first-order valence-electron chi connectivity index (χ1n) is 7.62. The summed E-state index contributed by atoms with van der Waals surface area (Å²) in [7, 11) is 2.10.